The minimum Gasteiger partial charge on any atom is -0.452 e. The summed E-state index contributed by atoms with van der Waals surface area (Å²) < 4.78 is 5.42. The molecule has 92 valence electrons. The fourth-order valence-corrected chi connectivity index (χ4v) is 1.83. The molecule has 2 nitrogen and oxygen atoms in total. The molecule has 17 heavy (non-hydrogen) atoms. The molecule has 0 bridgehead atoms. The molecule has 0 atom stereocenters. The van der Waals surface area contributed by atoms with Crippen LogP contribution in [-0.4, -0.2) is 11.6 Å². The van der Waals surface area contributed by atoms with Crippen LogP contribution in [0.4, 0.5) is 0 Å². The van der Waals surface area contributed by atoms with Gasteiger partial charge in [-0.1, -0.05) is 24.3 Å². The Labute approximate surface area is 103 Å². The Hall–Kier alpha value is -1.57. The normalized spacial score (nSPS) is 11.1. The number of hydrogen-bond donors (Lipinski definition) is 0. The summed E-state index contributed by atoms with van der Waals surface area (Å²) in [5, 5.41) is 0. The zero-order chi connectivity index (χ0) is 13.2. The highest BCUT2D eigenvalue weighted by Crippen LogP contribution is 2.20. The van der Waals surface area contributed by atoms with Crippen molar-refractivity contribution in [3.63, 3.8) is 0 Å². The Morgan fingerprint density at radius 1 is 1.24 bits per heavy atom. The molecule has 0 aliphatic carbocycles. The van der Waals surface area contributed by atoms with E-state index in [1.54, 1.807) is 6.08 Å². The van der Waals surface area contributed by atoms with Crippen LogP contribution in [0.3, 0.4) is 0 Å². The lowest BCUT2D eigenvalue weighted by molar-refractivity contribution is 0.0173. The molecule has 0 fully saturated rings. The highest BCUT2D eigenvalue weighted by atomic mass is 16.6. The van der Waals surface area contributed by atoms with E-state index in [0.717, 1.165) is 16.7 Å². The Balaban J connectivity index is 3.09. The van der Waals surface area contributed by atoms with E-state index in [1.165, 1.54) is 0 Å². The Morgan fingerprint density at radius 2 is 1.71 bits per heavy atom. The molecule has 0 aliphatic rings. The quantitative estimate of drug-likeness (QED) is 0.586. The number of ether oxygens (including phenoxy) is 1. The lowest BCUT2D eigenvalue weighted by Crippen LogP contribution is -2.26. The van der Waals surface area contributed by atoms with E-state index in [1.807, 2.05) is 46.8 Å². The molecular formula is C15H20O2. The maximum Gasteiger partial charge on any atom is 0.339 e. The van der Waals surface area contributed by atoms with Gasteiger partial charge in [-0.3, -0.25) is 0 Å². The summed E-state index contributed by atoms with van der Waals surface area (Å²) in [5.41, 5.74) is 3.07. The van der Waals surface area contributed by atoms with Gasteiger partial charge in [-0.2, -0.15) is 0 Å². The van der Waals surface area contributed by atoms with E-state index in [9.17, 15) is 4.79 Å². The van der Waals surface area contributed by atoms with Crippen LogP contribution in [0.2, 0.25) is 0 Å². The highest BCUT2D eigenvalue weighted by molar-refractivity contribution is 5.93. The SMILES string of the molecule is C=CC(C)(C)OC(=O)c1c(C)cc(C)cc1C. The minimum absolute atomic E-state index is 0.287. The fourth-order valence-electron chi connectivity index (χ4n) is 1.83. The van der Waals surface area contributed by atoms with E-state index >= 15 is 0 Å². The molecule has 1 aromatic rings. The summed E-state index contributed by atoms with van der Waals surface area (Å²) in [5.74, 6) is -0.287. The van der Waals surface area contributed by atoms with Gasteiger partial charge in [-0.15, -0.1) is 0 Å². The number of esters is 1. The Morgan fingerprint density at radius 3 is 2.12 bits per heavy atom. The molecular weight excluding hydrogens is 212 g/mol. The van der Waals surface area contributed by atoms with Gasteiger partial charge in [-0.05, 0) is 51.8 Å². The predicted molar refractivity (Wildman–Crippen MR) is 70.3 cm³/mol. The Bertz CT molecular complexity index is 433. The maximum absolute atomic E-state index is 12.1. The number of aryl methyl sites for hydroxylation is 3. The zero-order valence-electron chi connectivity index (χ0n) is 11.3. The molecule has 0 amide bonds. The van der Waals surface area contributed by atoms with Gasteiger partial charge in [0.05, 0.1) is 5.56 Å². The molecule has 0 aliphatic heterocycles. The summed E-state index contributed by atoms with van der Waals surface area (Å²) in [4.78, 5) is 12.1. The van der Waals surface area contributed by atoms with Crippen molar-refractivity contribution in [3.8, 4) is 0 Å². The van der Waals surface area contributed by atoms with Crippen molar-refractivity contribution in [3.05, 3.63) is 47.0 Å². The summed E-state index contributed by atoms with van der Waals surface area (Å²) >= 11 is 0. The molecule has 0 heterocycles. The van der Waals surface area contributed by atoms with Crippen molar-refractivity contribution in [2.75, 3.05) is 0 Å². The third-order valence-corrected chi connectivity index (χ3v) is 2.73. The minimum atomic E-state index is -0.638. The van der Waals surface area contributed by atoms with Gasteiger partial charge in [0.2, 0.25) is 0 Å². The second-order valence-corrected chi connectivity index (χ2v) is 4.97. The van der Waals surface area contributed by atoms with Gasteiger partial charge in [0, 0.05) is 0 Å². The van der Waals surface area contributed by atoms with Crippen molar-refractivity contribution in [1.82, 2.24) is 0 Å². The van der Waals surface area contributed by atoms with Crippen molar-refractivity contribution >= 4 is 5.97 Å². The van der Waals surface area contributed by atoms with E-state index in [2.05, 4.69) is 6.58 Å². The first kappa shape index (κ1) is 13.5. The zero-order valence-corrected chi connectivity index (χ0v) is 11.3. The molecule has 0 spiro atoms. The molecule has 1 rings (SSSR count). The lowest BCUT2D eigenvalue weighted by atomic mass is 9.99. The molecule has 0 unspecified atom stereocenters. The monoisotopic (exact) mass is 232 g/mol. The van der Waals surface area contributed by atoms with E-state index in [0.29, 0.717) is 5.56 Å². The van der Waals surface area contributed by atoms with Crippen molar-refractivity contribution < 1.29 is 9.53 Å². The summed E-state index contributed by atoms with van der Waals surface area (Å²) in [6.07, 6.45) is 1.63. The van der Waals surface area contributed by atoms with Crippen LogP contribution in [0.15, 0.2) is 24.8 Å². The number of carbonyl (C=O) groups is 1. The standard InChI is InChI=1S/C15H20O2/c1-7-15(5,6)17-14(16)13-11(3)8-10(2)9-12(13)4/h7-9H,1H2,2-6H3. The lowest BCUT2D eigenvalue weighted by Gasteiger charge is -2.22. The second kappa shape index (κ2) is 4.74. The molecule has 2 heteroatoms. The summed E-state index contributed by atoms with van der Waals surface area (Å²) in [6, 6.07) is 3.98. The van der Waals surface area contributed by atoms with Crippen molar-refractivity contribution in [1.29, 1.82) is 0 Å². The second-order valence-electron chi connectivity index (χ2n) is 4.97. The van der Waals surface area contributed by atoms with Crippen molar-refractivity contribution in [2.24, 2.45) is 0 Å². The van der Waals surface area contributed by atoms with Gasteiger partial charge in [0.25, 0.3) is 0 Å². The number of hydrogen-bond acceptors (Lipinski definition) is 2. The van der Waals surface area contributed by atoms with Crippen LogP contribution in [0.5, 0.6) is 0 Å². The van der Waals surface area contributed by atoms with Gasteiger partial charge in [0.15, 0.2) is 0 Å². The highest BCUT2D eigenvalue weighted by Gasteiger charge is 2.22. The van der Waals surface area contributed by atoms with Crippen LogP contribution < -0.4 is 0 Å². The number of benzene rings is 1. The first-order valence-corrected chi connectivity index (χ1v) is 5.71. The smallest absolute Gasteiger partial charge is 0.339 e. The van der Waals surface area contributed by atoms with Gasteiger partial charge in [-0.25, -0.2) is 4.79 Å². The van der Waals surface area contributed by atoms with Crippen molar-refractivity contribution in [2.45, 2.75) is 40.2 Å². The molecule has 0 radical (unpaired) electrons. The Kier molecular flexibility index (Phi) is 3.76. The first-order chi connectivity index (χ1) is 7.76. The molecule has 1 aromatic carbocycles. The van der Waals surface area contributed by atoms with Crippen LogP contribution in [-0.2, 0) is 4.74 Å². The number of rotatable bonds is 3. The fraction of sp³-hybridized carbons (Fsp3) is 0.400. The summed E-state index contributed by atoms with van der Waals surface area (Å²) in [7, 11) is 0. The third-order valence-electron chi connectivity index (χ3n) is 2.73. The van der Waals surface area contributed by atoms with Gasteiger partial charge in [0.1, 0.15) is 5.60 Å². The van der Waals surface area contributed by atoms with Gasteiger partial charge < -0.3 is 4.74 Å². The average Bonchev–Trinajstić information content (AvgIpc) is 2.14. The van der Waals surface area contributed by atoms with Gasteiger partial charge >= 0.3 is 5.97 Å². The first-order valence-electron chi connectivity index (χ1n) is 5.71. The molecule has 0 aromatic heterocycles. The van der Waals surface area contributed by atoms with Crippen LogP contribution >= 0.6 is 0 Å². The van der Waals surface area contributed by atoms with E-state index in [-0.39, 0.29) is 5.97 Å². The molecule has 0 saturated heterocycles. The van der Waals surface area contributed by atoms with E-state index in [4.69, 9.17) is 4.74 Å². The largest absolute Gasteiger partial charge is 0.452 e. The third kappa shape index (κ3) is 3.19. The van der Waals surface area contributed by atoms with Crippen LogP contribution in [0.25, 0.3) is 0 Å². The molecule has 0 saturated carbocycles. The predicted octanol–water partition coefficient (Wildman–Crippen LogP) is 3.73. The van der Waals surface area contributed by atoms with Crippen LogP contribution in [0, 0.1) is 20.8 Å². The average molecular weight is 232 g/mol. The number of carbonyl (C=O) groups excluding carboxylic acids is 1. The van der Waals surface area contributed by atoms with Crippen LogP contribution in [0.1, 0.15) is 40.9 Å². The maximum atomic E-state index is 12.1. The summed E-state index contributed by atoms with van der Waals surface area (Å²) in [6.45, 7) is 13.2. The topological polar surface area (TPSA) is 26.3 Å². The van der Waals surface area contributed by atoms with E-state index < -0.39 is 5.60 Å². The molecule has 0 N–H and O–H groups in total.